The lowest BCUT2D eigenvalue weighted by atomic mass is 10.1. The van der Waals surface area contributed by atoms with Gasteiger partial charge in [0.2, 0.25) is 11.8 Å². The maximum Gasteiger partial charge on any atom is 0.246 e. The Morgan fingerprint density at radius 2 is 2.00 bits per heavy atom. The average Bonchev–Trinajstić information content (AvgIpc) is 2.94. The fraction of sp³-hybridized carbons (Fsp3) is 0.500. The van der Waals surface area contributed by atoms with E-state index in [-0.39, 0.29) is 17.9 Å². The molecule has 22 heavy (non-hydrogen) atoms. The Hall–Kier alpha value is -1.69. The third kappa shape index (κ3) is 2.79. The molecule has 1 fully saturated rings. The van der Waals surface area contributed by atoms with Crippen LogP contribution in [0.4, 0.5) is 5.69 Å². The highest BCUT2D eigenvalue weighted by Crippen LogP contribution is 2.27. The van der Waals surface area contributed by atoms with Gasteiger partial charge in [0.05, 0.1) is 5.88 Å². The topological polar surface area (TPSA) is 43.9 Å². The molecule has 2 amide bonds. The van der Waals surface area contributed by atoms with Crippen molar-refractivity contribution in [3.05, 3.63) is 29.8 Å². The summed E-state index contributed by atoms with van der Waals surface area (Å²) in [7, 11) is 2.06. The van der Waals surface area contributed by atoms with Crippen LogP contribution in [-0.2, 0) is 16.1 Å². The van der Waals surface area contributed by atoms with Crippen molar-refractivity contribution >= 4 is 29.3 Å². The van der Waals surface area contributed by atoms with E-state index in [4.69, 9.17) is 0 Å². The third-order valence-corrected chi connectivity index (χ3v) is 5.37. The molecule has 1 atom stereocenters. The van der Waals surface area contributed by atoms with E-state index in [1.807, 2.05) is 17.0 Å². The fourth-order valence-corrected chi connectivity index (χ4v) is 4.26. The van der Waals surface area contributed by atoms with Crippen LogP contribution in [0, 0.1) is 0 Å². The summed E-state index contributed by atoms with van der Waals surface area (Å²) in [4.78, 5) is 30.4. The summed E-state index contributed by atoms with van der Waals surface area (Å²) in [5.74, 6) is 1.38. The first kappa shape index (κ1) is 15.2. The molecule has 2 aliphatic heterocycles. The minimum Gasteiger partial charge on any atom is -0.373 e. The van der Waals surface area contributed by atoms with Gasteiger partial charge < -0.3 is 14.7 Å². The Bertz CT molecular complexity index is 593. The minimum absolute atomic E-state index is 0.0179. The lowest BCUT2D eigenvalue weighted by molar-refractivity contribution is -0.142. The van der Waals surface area contributed by atoms with E-state index in [0.717, 1.165) is 12.1 Å². The predicted octanol–water partition coefficient (Wildman–Crippen LogP) is 1.39. The zero-order valence-corrected chi connectivity index (χ0v) is 13.8. The van der Waals surface area contributed by atoms with Crippen LogP contribution < -0.4 is 4.90 Å². The Morgan fingerprint density at radius 3 is 2.77 bits per heavy atom. The van der Waals surface area contributed by atoms with Crippen molar-refractivity contribution in [2.24, 2.45) is 0 Å². The number of hydrogen-bond acceptors (Lipinski definition) is 4. The normalized spacial score (nSPS) is 21.5. The maximum absolute atomic E-state index is 12.9. The molecule has 0 spiro atoms. The van der Waals surface area contributed by atoms with Crippen LogP contribution in [0.5, 0.6) is 0 Å². The molecular weight excluding hydrogens is 298 g/mol. The number of anilines is 1. The summed E-state index contributed by atoms with van der Waals surface area (Å²) < 4.78 is 0. The average molecular weight is 319 g/mol. The lowest BCUT2D eigenvalue weighted by Crippen LogP contribution is -2.49. The van der Waals surface area contributed by atoms with Crippen molar-refractivity contribution in [1.82, 2.24) is 9.80 Å². The van der Waals surface area contributed by atoms with E-state index in [1.54, 1.807) is 16.7 Å². The smallest absolute Gasteiger partial charge is 0.246 e. The molecular formula is C16H21N3O2S. The number of carbonyl (C=O) groups is 2. The number of nitrogens with zero attached hydrogens (tertiary/aromatic N) is 3. The van der Waals surface area contributed by atoms with Gasteiger partial charge in [0.25, 0.3) is 0 Å². The monoisotopic (exact) mass is 319 g/mol. The van der Waals surface area contributed by atoms with Crippen molar-refractivity contribution < 1.29 is 9.59 Å². The first-order valence-corrected chi connectivity index (χ1v) is 8.66. The molecule has 0 saturated carbocycles. The number of benzene rings is 1. The molecule has 3 rings (SSSR count). The van der Waals surface area contributed by atoms with Gasteiger partial charge in [0, 0.05) is 45.0 Å². The molecule has 2 heterocycles. The second-order valence-corrected chi connectivity index (χ2v) is 6.81. The zero-order chi connectivity index (χ0) is 15.7. The minimum atomic E-state index is -0.307. The van der Waals surface area contributed by atoms with E-state index in [1.165, 1.54) is 12.6 Å². The molecule has 1 unspecified atom stereocenters. The number of hydrogen-bond donors (Lipinski definition) is 0. The van der Waals surface area contributed by atoms with Gasteiger partial charge >= 0.3 is 0 Å². The second-order valence-electron chi connectivity index (χ2n) is 5.81. The highest BCUT2D eigenvalue weighted by molar-refractivity contribution is 7.99. The van der Waals surface area contributed by atoms with Gasteiger partial charge in [-0.05, 0) is 11.6 Å². The molecule has 5 nitrogen and oxygen atoms in total. The van der Waals surface area contributed by atoms with E-state index in [2.05, 4.69) is 24.1 Å². The Kier molecular flexibility index (Phi) is 4.29. The number of para-hydroxylation sites is 1. The molecule has 0 N–H and O–H groups in total. The van der Waals surface area contributed by atoms with Crippen LogP contribution in [-0.4, -0.2) is 59.4 Å². The second kappa shape index (κ2) is 6.20. The molecule has 1 aromatic carbocycles. The summed E-state index contributed by atoms with van der Waals surface area (Å²) in [6, 6.07) is 7.89. The quantitative estimate of drug-likeness (QED) is 0.784. The van der Waals surface area contributed by atoms with E-state index in [0.29, 0.717) is 24.7 Å². The number of likely N-dealkylation sites (N-methyl/N-ethyl adjacent to an activating group) is 1. The van der Waals surface area contributed by atoms with Gasteiger partial charge in [-0.1, -0.05) is 18.2 Å². The third-order valence-electron chi connectivity index (χ3n) is 4.35. The molecule has 0 bridgehead atoms. The van der Waals surface area contributed by atoms with Crippen molar-refractivity contribution in [3.8, 4) is 0 Å². The Labute approximate surface area is 135 Å². The van der Waals surface area contributed by atoms with Gasteiger partial charge in [-0.2, -0.15) is 0 Å². The maximum atomic E-state index is 12.9. The number of rotatable bonds is 1. The standard InChI is InChI=1S/C16H21N3O2S/c1-12(20)19-11-22-10-15(19)16(21)18-8-7-17(2)14-6-4-3-5-13(14)9-18/h3-6,15H,7-11H2,1-2H3. The molecule has 0 aromatic heterocycles. The highest BCUT2D eigenvalue weighted by atomic mass is 32.2. The van der Waals surface area contributed by atoms with Crippen molar-refractivity contribution in [3.63, 3.8) is 0 Å². The molecule has 0 aliphatic carbocycles. The summed E-state index contributed by atoms with van der Waals surface area (Å²) in [6.45, 7) is 3.66. The van der Waals surface area contributed by atoms with Gasteiger partial charge in [0.15, 0.2) is 0 Å². The molecule has 1 aromatic rings. The first-order valence-electron chi connectivity index (χ1n) is 7.50. The fourth-order valence-electron chi connectivity index (χ4n) is 3.05. The van der Waals surface area contributed by atoms with Crippen molar-refractivity contribution in [2.45, 2.75) is 19.5 Å². The number of fused-ring (bicyclic) bond motifs is 1. The zero-order valence-electron chi connectivity index (χ0n) is 13.0. The van der Waals surface area contributed by atoms with Crippen LogP contribution >= 0.6 is 11.8 Å². The van der Waals surface area contributed by atoms with Gasteiger partial charge in [-0.15, -0.1) is 11.8 Å². The summed E-state index contributed by atoms with van der Waals surface area (Å²) in [5, 5.41) is 0. The Morgan fingerprint density at radius 1 is 1.23 bits per heavy atom. The van der Waals surface area contributed by atoms with E-state index < -0.39 is 0 Å². The van der Waals surface area contributed by atoms with E-state index in [9.17, 15) is 9.59 Å². The molecule has 0 radical (unpaired) electrons. The SMILES string of the molecule is CC(=O)N1CSCC1C(=O)N1CCN(C)c2ccccc2C1. The molecule has 118 valence electrons. The number of amides is 2. The summed E-state index contributed by atoms with van der Waals surface area (Å²) in [5.41, 5.74) is 2.35. The largest absolute Gasteiger partial charge is 0.373 e. The number of carbonyl (C=O) groups excluding carboxylic acids is 2. The molecule has 1 saturated heterocycles. The number of thioether (sulfide) groups is 1. The summed E-state index contributed by atoms with van der Waals surface area (Å²) in [6.07, 6.45) is 0. The lowest BCUT2D eigenvalue weighted by Gasteiger charge is -2.28. The van der Waals surface area contributed by atoms with Crippen LogP contribution in [0.1, 0.15) is 12.5 Å². The van der Waals surface area contributed by atoms with Crippen molar-refractivity contribution in [2.75, 3.05) is 36.7 Å². The van der Waals surface area contributed by atoms with Crippen LogP contribution in [0.25, 0.3) is 0 Å². The summed E-state index contributed by atoms with van der Waals surface area (Å²) >= 11 is 1.65. The Balaban J connectivity index is 1.81. The van der Waals surface area contributed by atoms with Crippen LogP contribution in [0.3, 0.4) is 0 Å². The van der Waals surface area contributed by atoms with Gasteiger partial charge in [-0.25, -0.2) is 0 Å². The molecule has 6 heteroatoms. The van der Waals surface area contributed by atoms with E-state index >= 15 is 0 Å². The predicted molar refractivity (Wildman–Crippen MR) is 88.8 cm³/mol. The van der Waals surface area contributed by atoms with Crippen LogP contribution in [0.15, 0.2) is 24.3 Å². The first-order chi connectivity index (χ1) is 10.6. The van der Waals surface area contributed by atoms with Crippen molar-refractivity contribution in [1.29, 1.82) is 0 Å². The van der Waals surface area contributed by atoms with Gasteiger partial charge in [0.1, 0.15) is 6.04 Å². The molecule has 2 aliphatic rings. The highest BCUT2D eigenvalue weighted by Gasteiger charge is 2.36. The van der Waals surface area contributed by atoms with Gasteiger partial charge in [-0.3, -0.25) is 9.59 Å². The van der Waals surface area contributed by atoms with Crippen LogP contribution in [0.2, 0.25) is 0 Å².